The number of ketones is 1. The molecule has 1 amide bonds. The maximum Gasteiger partial charge on any atom is 0.519 e. The second-order valence-electron chi connectivity index (χ2n) is 3.06. The highest BCUT2D eigenvalue weighted by atomic mass is 79.9. The number of hydrogen-bond acceptors (Lipinski definition) is 5. The molecule has 16 heavy (non-hydrogen) atoms. The fraction of sp³-hybridized carbons (Fsp3) is 0.444. The highest BCUT2D eigenvalue weighted by Crippen LogP contribution is 2.11. The van der Waals surface area contributed by atoms with Crippen molar-refractivity contribution in [3.63, 3.8) is 0 Å². The summed E-state index contributed by atoms with van der Waals surface area (Å²) in [6, 6.07) is 0. The summed E-state index contributed by atoms with van der Waals surface area (Å²) in [4.78, 5) is 32.7. The van der Waals surface area contributed by atoms with Gasteiger partial charge in [-0.3, -0.25) is 9.59 Å². The van der Waals surface area contributed by atoms with Crippen molar-refractivity contribution in [3.05, 3.63) is 22.1 Å². The predicted octanol–water partition coefficient (Wildman–Crippen LogP) is 0.375. The fourth-order valence-electron chi connectivity index (χ4n) is 1.04. The summed E-state index contributed by atoms with van der Waals surface area (Å²) in [5.41, 5.74) is 0. The van der Waals surface area contributed by atoms with E-state index in [-0.39, 0.29) is 30.4 Å². The number of Topliss-reactive ketones (excluding diaryl/α,β-unsaturated/α-hetero) is 1. The standard InChI is InChI=1S/C9H10BrNO5/c1-5(12)11-4-6(13)2-7-8(3-10)16-9(14)15-7/h2-4H2,1H3,(H,11,12). The molecule has 0 saturated heterocycles. The Balaban J connectivity index is 2.62. The maximum atomic E-state index is 11.4. The van der Waals surface area contributed by atoms with Gasteiger partial charge in [0, 0.05) is 6.92 Å². The number of amides is 1. The van der Waals surface area contributed by atoms with Crippen LogP contribution in [0.2, 0.25) is 0 Å². The molecular formula is C9H10BrNO5. The topological polar surface area (TPSA) is 89.5 Å². The van der Waals surface area contributed by atoms with E-state index in [4.69, 9.17) is 4.42 Å². The van der Waals surface area contributed by atoms with Crippen molar-refractivity contribution < 1.29 is 18.4 Å². The lowest BCUT2D eigenvalue weighted by atomic mass is 10.2. The van der Waals surface area contributed by atoms with Gasteiger partial charge in [-0.15, -0.1) is 0 Å². The number of rotatable bonds is 5. The van der Waals surface area contributed by atoms with E-state index in [0.717, 1.165) is 0 Å². The summed E-state index contributed by atoms with van der Waals surface area (Å²) in [5, 5.41) is 2.65. The molecule has 0 radical (unpaired) electrons. The molecule has 1 rings (SSSR count). The predicted molar refractivity (Wildman–Crippen MR) is 57.3 cm³/mol. The highest BCUT2D eigenvalue weighted by molar-refractivity contribution is 9.08. The number of carbonyl (C=O) groups excluding carboxylic acids is 2. The molecule has 0 aromatic carbocycles. The molecule has 7 heteroatoms. The van der Waals surface area contributed by atoms with Crippen LogP contribution in [0, 0.1) is 0 Å². The Hall–Kier alpha value is -1.37. The molecule has 0 fully saturated rings. The third-order valence-electron chi connectivity index (χ3n) is 1.74. The van der Waals surface area contributed by atoms with Crippen molar-refractivity contribution in [2.45, 2.75) is 18.7 Å². The minimum absolute atomic E-state index is 0.0764. The van der Waals surface area contributed by atoms with Gasteiger partial charge in [-0.05, 0) is 0 Å². The Morgan fingerprint density at radius 3 is 2.50 bits per heavy atom. The summed E-state index contributed by atoms with van der Waals surface area (Å²) in [6.45, 7) is 1.22. The highest BCUT2D eigenvalue weighted by Gasteiger charge is 2.15. The summed E-state index contributed by atoms with van der Waals surface area (Å²) >= 11 is 3.10. The molecule has 0 aliphatic rings. The van der Waals surface area contributed by atoms with Crippen LogP contribution in [0.4, 0.5) is 0 Å². The van der Waals surface area contributed by atoms with Crippen LogP contribution in [0.5, 0.6) is 0 Å². The SMILES string of the molecule is CC(=O)NCC(=O)Cc1oc(=O)oc1CBr. The zero-order valence-electron chi connectivity index (χ0n) is 8.54. The monoisotopic (exact) mass is 291 g/mol. The molecule has 1 aromatic rings. The normalized spacial score (nSPS) is 10.1. The first-order valence-corrected chi connectivity index (χ1v) is 5.59. The zero-order chi connectivity index (χ0) is 12.1. The third kappa shape index (κ3) is 3.65. The average molecular weight is 292 g/mol. The lowest BCUT2D eigenvalue weighted by Crippen LogP contribution is -2.28. The second-order valence-corrected chi connectivity index (χ2v) is 3.62. The molecule has 0 unspecified atom stereocenters. The van der Waals surface area contributed by atoms with Gasteiger partial charge in [-0.1, -0.05) is 15.9 Å². The van der Waals surface area contributed by atoms with Crippen molar-refractivity contribution in [2.75, 3.05) is 6.54 Å². The quantitative estimate of drug-likeness (QED) is 0.792. The van der Waals surface area contributed by atoms with Gasteiger partial charge in [0.05, 0.1) is 18.3 Å². The summed E-state index contributed by atoms with van der Waals surface area (Å²) < 4.78 is 9.38. The van der Waals surface area contributed by atoms with Crippen LogP contribution in [0.1, 0.15) is 18.4 Å². The molecule has 0 bridgehead atoms. The van der Waals surface area contributed by atoms with Crippen molar-refractivity contribution in [3.8, 4) is 0 Å². The molecule has 0 aliphatic carbocycles. The smallest absolute Gasteiger partial charge is 0.395 e. The Morgan fingerprint density at radius 2 is 1.94 bits per heavy atom. The van der Waals surface area contributed by atoms with Gasteiger partial charge in [0.2, 0.25) is 5.91 Å². The van der Waals surface area contributed by atoms with E-state index >= 15 is 0 Å². The van der Waals surface area contributed by atoms with Crippen LogP contribution in [0.3, 0.4) is 0 Å². The summed E-state index contributed by atoms with van der Waals surface area (Å²) in [7, 11) is 0. The van der Waals surface area contributed by atoms with Crippen LogP contribution in [-0.4, -0.2) is 18.2 Å². The largest absolute Gasteiger partial charge is 0.519 e. The summed E-state index contributed by atoms with van der Waals surface area (Å²) in [6.07, 6.45) is -0.0764. The number of hydrogen-bond donors (Lipinski definition) is 1. The number of halogens is 1. The van der Waals surface area contributed by atoms with Gasteiger partial charge in [0.15, 0.2) is 17.3 Å². The molecule has 6 nitrogen and oxygen atoms in total. The third-order valence-corrected chi connectivity index (χ3v) is 2.25. The number of nitrogens with one attached hydrogen (secondary N) is 1. The van der Waals surface area contributed by atoms with Crippen LogP contribution in [-0.2, 0) is 21.3 Å². The maximum absolute atomic E-state index is 11.4. The molecule has 1 N–H and O–H groups in total. The van der Waals surface area contributed by atoms with Gasteiger partial charge < -0.3 is 14.2 Å². The number of carbonyl (C=O) groups is 2. The van der Waals surface area contributed by atoms with Crippen LogP contribution in [0.25, 0.3) is 0 Å². The molecular weight excluding hydrogens is 282 g/mol. The zero-order valence-corrected chi connectivity index (χ0v) is 10.1. The van der Waals surface area contributed by atoms with E-state index in [1.165, 1.54) is 6.92 Å². The van der Waals surface area contributed by atoms with Crippen molar-refractivity contribution in [1.29, 1.82) is 0 Å². The Labute approximate surface area is 99.1 Å². The number of alkyl halides is 1. The van der Waals surface area contributed by atoms with Crippen molar-refractivity contribution >= 4 is 27.6 Å². The van der Waals surface area contributed by atoms with Gasteiger partial charge in [-0.25, -0.2) is 4.79 Å². The van der Waals surface area contributed by atoms with E-state index in [2.05, 4.69) is 25.7 Å². The minimum Gasteiger partial charge on any atom is -0.395 e. The molecule has 0 atom stereocenters. The van der Waals surface area contributed by atoms with Gasteiger partial charge in [-0.2, -0.15) is 0 Å². The molecule has 0 aliphatic heterocycles. The van der Waals surface area contributed by atoms with E-state index in [1.807, 2.05) is 0 Å². The first-order chi connectivity index (χ1) is 7.52. The lowest BCUT2D eigenvalue weighted by Gasteiger charge is -1.99. The Kier molecular flexibility index (Phi) is 4.48. The fourth-order valence-corrected chi connectivity index (χ4v) is 1.46. The van der Waals surface area contributed by atoms with Gasteiger partial charge >= 0.3 is 5.82 Å². The van der Waals surface area contributed by atoms with Crippen molar-refractivity contribution in [1.82, 2.24) is 5.32 Å². The van der Waals surface area contributed by atoms with Crippen molar-refractivity contribution in [2.24, 2.45) is 0 Å². The van der Waals surface area contributed by atoms with E-state index in [1.54, 1.807) is 0 Å². The first-order valence-electron chi connectivity index (χ1n) is 4.46. The van der Waals surface area contributed by atoms with E-state index in [0.29, 0.717) is 11.1 Å². The van der Waals surface area contributed by atoms with E-state index in [9.17, 15) is 14.4 Å². The lowest BCUT2D eigenvalue weighted by molar-refractivity contribution is -0.123. The Bertz CT molecular complexity index is 447. The van der Waals surface area contributed by atoms with Gasteiger partial charge in [0.1, 0.15) is 0 Å². The van der Waals surface area contributed by atoms with Crippen LogP contribution in [0.15, 0.2) is 13.6 Å². The molecule has 88 valence electrons. The molecule has 1 heterocycles. The minimum atomic E-state index is -0.836. The molecule has 0 saturated carbocycles. The molecule has 0 spiro atoms. The Morgan fingerprint density at radius 1 is 1.31 bits per heavy atom. The second kappa shape index (κ2) is 5.64. The first kappa shape index (κ1) is 12.7. The average Bonchev–Trinajstić information content (AvgIpc) is 2.55. The van der Waals surface area contributed by atoms with E-state index < -0.39 is 5.82 Å². The summed E-state index contributed by atoms with van der Waals surface area (Å²) in [5.74, 6) is -0.903. The van der Waals surface area contributed by atoms with Gasteiger partial charge in [0.25, 0.3) is 0 Å². The van der Waals surface area contributed by atoms with Crippen LogP contribution >= 0.6 is 15.9 Å². The van der Waals surface area contributed by atoms with Crippen LogP contribution < -0.4 is 11.1 Å². The molecule has 1 aromatic heterocycles.